The summed E-state index contributed by atoms with van der Waals surface area (Å²) in [6.07, 6.45) is -3.47. The molecule has 0 radical (unpaired) electrons. The van der Waals surface area contributed by atoms with E-state index in [1.165, 1.54) is 24.3 Å². The number of benzene rings is 5. The predicted octanol–water partition coefficient (Wildman–Crippen LogP) is 9.51. The number of hydrogen-bond acceptors (Lipinski definition) is 11. The third kappa shape index (κ3) is 15.5. The Morgan fingerprint density at radius 3 is 2.14 bits per heavy atom. The van der Waals surface area contributed by atoms with Crippen molar-refractivity contribution in [2.45, 2.75) is 94.2 Å². The molecule has 416 valence electrons. The first-order valence-electron chi connectivity index (χ1n) is 25.5. The van der Waals surface area contributed by atoms with Gasteiger partial charge in [0.05, 0.1) is 54.6 Å². The van der Waals surface area contributed by atoms with E-state index in [1.807, 2.05) is 68.4 Å². The summed E-state index contributed by atoms with van der Waals surface area (Å²) in [5.74, 6) is -5.20. The maximum absolute atomic E-state index is 14.0. The first-order valence-corrected chi connectivity index (χ1v) is 27.1. The second-order valence-electron chi connectivity index (χ2n) is 19.6. The highest BCUT2D eigenvalue weighted by atomic mass is 32.2. The van der Waals surface area contributed by atoms with Crippen molar-refractivity contribution < 1.29 is 69.5 Å². The topological polar surface area (TPSA) is 195 Å². The maximum atomic E-state index is 14.0. The number of β-lactam (4-membered cyclic amide) rings is 1. The van der Waals surface area contributed by atoms with Gasteiger partial charge in [-0.2, -0.15) is 13.2 Å². The molecule has 0 aromatic heterocycles. The van der Waals surface area contributed by atoms with E-state index in [0.717, 1.165) is 29.7 Å². The number of nitrogens with one attached hydrogen (secondary N) is 2. The zero-order valence-electron chi connectivity index (χ0n) is 43.4. The van der Waals surface area contributed by atoms with Crippen molar-refractivity contribution in [1.82, 2.24) is 5.32 Å². The van der Waals surface area contributed by atoms with Gasteiger partial charge in [0.15, 0.2) is 9.84 Å². The van der Waals surface area contributed by atoms with Gasteiger partial charge < -0.3 is 45.2 Å². The van der Waals surface area contributed by atoms with Crippen LogP contribution in [0.1, 0.15) is 98.3 Å². The van der Waals surface area contributed by atoms with Crippen LogP contribution in [-0.2, 0) is 40.2 Å². The third-order valence-corrected chi connectivity index (χ3v) is 16.1. The van der Waals surface area contributed by atoms with E-state index >= 15 is 0 Å². The summed E-state index contributed by atoms with van der Waals surface area (Å²) in [6.45, 7) is 5.83. The highest BCUT2D eigenvalue weighted by molar-refractivity contribution is 7.91. The van der Waals surface area contributed by atoms with E-state index in [1.54, 1.807) is 53.4 Å². The molecular formula is C57H67F5N4O10S. The van der Waals surface area contributed by atoms with Crippen LogP contribution in [0.4, 0.5) is 39.0 Å². The Balaban J connectivity index is 0.00000128. The van der Waals surface area contributed by atoms with Crippen LogP contribution in [0, 0.1) is 23.0 Å². The summed E-state index contributed by atoms with van der Waals surface area (Å²) in [4.78, 5) is 39.2. The molecule has 0 bridgehead atoms. The largest absolute Gasteiger partial charge is 0.490 e. The summed E-state index contributed by atoms with van der Waals surface area (Å²) in [7, 11) is 0.0456. The molecule has 14 nitrogen and oxygen atoms in total. The summed E-state index contributed by atoms with van der Waals surface area (Å²) in [5, 5.41) is 36.5. The molecule has 2 heterocycles. The van der Waals surface area contributed by atoms with Crippen LogP contribution in [0.25, 0.3) is 0 Å². The second kappa shape index (κ2) is 26.9. The number of aliphatic carboxylic acids is 1. The number of halogens is 5. The number of carbonyl (C=O) groups excluding carboxylic acids is 2. The lowest BCUT2D eigenvalue weighted by Crippen LogP contribution is -2.55. The van der Waals surface area contributed by atoms with Gasteiger partial charge in [0.2, 0.25) is 11.8 Å². The molecule has 0 saturated carbocycles. The minimum Gasteiger partial charge on any atom is -0.475 e. The molecule has 20 heteroatoms. The number of nitrogens with zero attached hydrogens (tertiary/aromatic N) is 2. The molecule has 0 aliphatic carbocycles. The van der Waals surface area contributed by atoms with Gasteiger partial charge >= 0.3 is 12.1 Å². The number of hydrogen-bond donors (Lipinski definition) is 5. The fourth-order valence-corrected chi connectivity index (χ4v) is 12.1. The van der Waals surface area contributed by atoms with Crippen LogP contribution in [0.2, 0.25) is 0 Å². The van der Waals surface area contributed by atoms with E-state index in [-0.39, 0.29) is 54.1 Å². The molecule has 2 aliphatic heterocycles. The van der Waals surface area contributed by atoms with Gasteiger partial charge in [-0.15, -0.1) is 0 Å². The minimum atomic E-state index is -5.08. The first kappa shape index (κ1) is 59.9. The molecule has 77 heavy (non-hydrogen) atoms. The first-order chi connectivity index (χ1) is 36.6. The molecule has 5 N–H and O–H groups in total. The fraction of sp³-hybridized carbons (Fsp3) is 0.421. The van der Waals surface area contributed by atoms with E-state index < -0.39 is 57.3 Å². The molecule has 2 aliphatic rings. The van der Waals surface area contributed by atoms with Crippen LogP contribution >= 0.6 is 0 Å². The van der Waals surface area contributed by atoms with E-state index in [4.69, 9.17) is 19.4 Å². The van der Waals surface area contributed by atoms with E-state index in [0.29, 0.717) is 73.4 Å². The zero-order chi connectivity index (χ0) is 56.1. The molecule has 1 fully saturated rings. The number of carbonyl (C=O) groups is 3. The number of aliphatic hydroxyl groups is 2. The van der Waals surface area contributed by atoms with Crippen LogP contribution < -0.4 is 20.4 Å². The number of anilines is 3. The smallest absolute Gasteiger partial charge is 0.475 e. The van der Waals surface area contributed by atoms with Crippen molar-refractivity contribution in [1.29, 1.82) is 0 Å². The number of aliphatic hydroxyl groups excluding tert-OH is 2. The molecule has 2 amide bonds. The average Bonchev–Trinajstić information content (AvgIpc) is 3.60. The van der Waals surface area contributed by atoms with Crippen molar-refractivity contribution in [2.24, 2.45) is 11.3 Å². The van der Waals surface area contributed by atoms with Gasteiger partial charge in [-0.25, -0.2) is 22.0 Å². The lowest BCUT2D eigenvalue weighted by Gasteiger charge is -2.48. The summed E-state index contributed by atoms with van der Waals surface area (Å²) < 4.78 is 98.4. The highest BCUT2D eigenvalue weighted by Gasteiger charge is 2.50. The second-order valence-corrected chi connectivity index (χ2v) is 21.5. The molecule has 6 atom stereocenters. The van der Waals surface area contributed by atoms with Gasteiger partial charge in [-0.3, -0.25) is 9.59 Å². The highest BCUT2D eigenvalue weighted by Crippen LogP contribution is 2.50. The van der Waals surface area contributed by atoms with Gasteiger partial charge in [-0.1, -0.05) is 75.2 Å². The molecule has 5 aromatic rings. The Bertz CT molecular complexity index is 2880. The number of fused-ring (bicyclic) bond motifs is 1. The lowest BCUT2D eigenvalue weighted by atomic mass is 9.69. The normalized spacial score (nSPS) is 20.2. The molecule has 6 unspecified atom stereocenters. The van der Waals surface area contributed by atoms with Crippen molar-refractivity contribution in [3.63, 3.8) is 0 Å². The van der Waals surface area contributed by atoms with Crippen molar-refractivity contribution in [2.75, 3.05) is 67.9 Å². The van der Waals surface area contributed by atoms with Crippen LogP contribution in [0.3, 0.4) is 0 Å². The summed E-state index contributed by atoms with van der Waals surface area (Å²) in [6, 6.07) is 31.7. The average molecular weight is 1100 g/mol. The Labute approximate surface area is 446 Å². The van der Waals surface area contributed by atoms with Gasteiger partial charge in [0.1, 0.15) is 18.2 Å². The number of carboxylic acids is 1. The maximum Gasteiger partial charge on any atom is 0.490 e. The van der Waals surface area contributed by atoms with Gasteiger partial charge in [0.25, 0.3) is 0 Å². The number of carboxylic acid groups (broad SMARTS) is 1. The number of unbranched alkanes of at least 4 members (excludes halogenated alkanes) is 1. The van der Waals surface area contributed by atoms with Crippen LogP contribution in [-0.4, -0.2) is 107 Å². The fourth-order valence-electron chi connectivity index (χ4n) is 9.90. The Morgan fingerprint density at radius 1 is 0.870 bits per heavy atom. The summed E-state index contributed by atoms with van der Waals surface area (Å²) in [5.41, 5.74) is 4.84. The SMILES string of the molecule is CCCCC1(CC)CS(=O)(=O)c2ccc(N(C)C)cc2C(c2cccc(NC(=O)COCCOCCNCc3ccc(C4C(CCC(O)c5ccc(F)cc5)C(=O)N4c4ccc(F)cc4)cc3)c2)C1O.O=C(O)C(F)(F)F. The minimum absolute atomic E-state index is 0.106. The molecule has 7 rings (SSSR count). The molecule has 5 aromatic carbocycles. The van der Waals surface area contributed by atoms with Crippen molar-refractivity contribution in [3.05, 3.63) is 155 Å². The number of amides is 2. The molecular weight excluding hydrogens is 1030 g/mol. The zero-order valence-corrected chi connectivity index (χ0v) is 44.3. The summed E-state index contributed by atoms with van der Waals surface area (Å²) >= 11 is 0. The molecule has 0 spiro atoms. The standard InChI is InChI=1S/C55H66F2N4O8S.C2HF3O2/c1-5-7-27-55(6-2)36-70(66,67)49-26-23-45(60(3)4)33-47(49)51(53(55)64)40-9-8-10-43(32-40)59-50(63)35-69-31-30-68-29-28-58-34-37-11-13-39(14-12-37)52-46(24-25-48(62)38-15-17-41(56)18-16-38)54(65)61(52)44-21-19-42(57)20-22-44;3-2(4,5)1(6)7/h8-23,26,32-33,46,48,51-53,58,62,64H,5-7,24-25,27-31,34-36H2,1-4H3,(H,59,63);(H,6,7). The number of alkyl halides is 3. The van der Waals surface area contributed by atoms with E-state index in [2.05, 4.69) is 17.6 Å². The molecule has 1 saturated heterocycles. The lowest BCUT2D eigenvalue weighted by molar-refractivity contribution is -0.192. The van der Waals surface area contributed by atoms with E-state index in [9.17, 15) is 50.2 Å². The Hall–Kier alpha value is -6.29. The number of sulfone groups is 1. The van der Waals surface area contributed by atoms with Crippen LogP contribution in [0.5, 0.6) is 0 Å². The monoisotopic (exact) mass is 1090 g/mol. The van der Waals surface area contributed by atoms with Crippen molar-refractivity contribution in [3.8, 4) is 0 Å². The van der Waals surface area contributed by atoms with Crippen LogP contribution in [0.15, 0.2) is 120 Å². The Kier molecular flexibility index (Phi) is 20.9. The van der Waals surface area contributed by atoms with Crippen molar-refractivity contribution >= 4 is 44.7 Å². The predicted molar refractivity (Wildman–Crippen MR) is 282 cm³/mol. The van der Waals surface area contributed by atoms with Gasteiger partial charge in [-0.05, 0) is 120 Å². The number of ether oxygens (including phenoxy) is 2. The third-order valence-electron chi connectivity index (χ3n) is 14.1. The quantitative estimate of drug-likeness (QED) is 0.0237. The van der Waals surface area contributed by atoms with Gasteiger partial charge in [0, 0.05) is 55.6 Å². The Morgan fingerprint density at radius 2 is 1.52 bits per heavy atom. The number of rotatable bonds is 23.